The van der Waals surface area contributed by atoms with Crippen molar-refractivity contribution in [2.75, 3.05) is 6.54 Å². The third-order valence-corrected chi connectivity index (χ3v) is 5.31. The fourth-order valence-electron chi connectivity index (χ4n) is 2.03. The molecule has 0 aromatic carbocycles. The van der Waals surface area contributed by atoms with Gasteiger partial charge in [0.25, 0.3) is 0 Å². The maximum Gasteiger partial charge on any atom is 0.185 e. The Balaban J connectivity index is 2.17. The van der Waals surface area contributed by atoms with Crippen molar-refractivity contribution in [2.45, 2.75) is 51.5 Å². The molecule has 0 saturated heterocycles. The van der Waals surface area contributed by atoms with Crippen LogP contribution in [-0.2, 0) is 0 Å². The Kier molecular flexibility index (Phi) is 4.99. The van der Waals surface area contributed by atoms with Crippen molar-refractivity contribution in [3.63, 3.8) is 0 Å². The van der Waals surface area contributed by atoms with Crippen molar-refractivity contribution in [3.8, 4) is 0 Å². The fraction of sp³-hybridized carbons (Fsp3) is 1.00. The molecular weight excluding hydrogens is 176 g/mol. The van der Waals surface area contributed by atoms with Gasteiger partial charge in [-0.3, -0.25) is 0 Å². The summed E-state index contributed by atoms with van der Waals surface area (Å²) in [7, 11) is -1.09. The molecule has 78 valence electrons. The van der Waals surface area contributed by atoms with E-state index in [1.54, 1.807) is 0 Å². The van der Waals surface area contributed by atoms with Crippen LogP contribution in [0.25, 0.3) is 0 Å². The molecule has 1 unspecified atom stereocenters. The standard InChI is InChI=1S/C10H24N2Si/c1-9(2)8-12-13(11)10-6-4-3-5-7-10/h9-10,12-13H,3-8,11H2,1-2H3. The average molecular weight is 200 g/mol. The zero-order chi connectivity index (χ0) is 9.68. The highest BCUT2D eigenvalue weighted by Crippen LogP contribution is 2.28. The highest BCUT2D eigenvalue weighted by molar-refractivity contribution is 6.54. The van der Waals surface area contributed by atoms with Crippen molar-refractivity contribution >= 4 is 9.12 Å². The lowest BCUT2D eigenvalue weighted by Crippen LogP contribution is -2.48. The van der Waals surface area contributed by atoms with E-state index in [1.165, 1.54) is 32.1 Å². The topological polar surface area (TPSA) is 38.0 Å². The SMILES string of the molecule is CC(C)CN[SiH](N)C1CCCCC1. The highest BCUT2D eigenvalue weighted by Gasteiger charge is 2.21. The zero-order valence-electron chi connectivity index (χ0n) is 9.05. The van der Waals surface area contributed by atoms with Crippen LogP contribution >= 0.6 is 0 Å². The molecule has 0 amide bonds. The van der Waals surface area contributed by atoms with Crippen LogP contribution < -0.4 is 10.4 Å². The molecule has 3 heteroatoms. The van der Waals surface area contributed by atoms with Crippen LogP contribution in [-0.4, -0.2) is 15.7 Å². The van der Waals surface area contributed by atoms with Gasteiger partial charge in [0, 0.05) is 0 Å². The number of nitrogens with one attached hydrogen (secondary N) is 1. The average Bonchev–Trinajstić information content (AvgIpc) is 2.15. The molecule has 13 heavy (non-hydrogen) atoms. The molecule has 1 rings (SSSR count). The number of hydrogen-bond donors (Lipinski definition) is 2. The normalized spacial score (nSPS) is 22.2. The van der Waals surface area contributed by atoms with Crippen molar-refractivity contribution in [1.29, 1.82) is 0 Å². The van der Waals surface area contributed by atoms with Crippen molar-refractivity contribution < 1.29 is 0 Å². The van der Waals surface area contributed by atoms with E-state index in [9.17, 15) is 0 Å². The molecule has 0 radical (unpaired) electrons. The second-order valence-electron chi connectivity index (χ2n) is 4.73. The number of nitrogens with two attached hydrogens (primary N) is 1. The molecule has 0 aromatic rings. The molecule has 0 aromatic heterocycles. The first-order valence-corrected chi connectivity index (χ1v) is 7.60. The van der Waals surface area contributed by atoms with E-state index < -0.39 is 9.12 Å². The minimum absolute atomic E-state index is 0.738. The molecular formula is C10H24N2Si. The van der Waals surface area contributed by atoms with E-state index in [1.807, 2.05) is 0 Å². The number of rotatable bonds is 4. The van der Waals surface area contributed by atoms with Gasteiger partial charge in [-0.2, -0.15) is 0 Å². The molecule has 1 saturated carbocycles. The molecule has 2 nitrogen and oxygen atoms in total. The van der Waals surface area contributed by atoms with Gasteiger partial charge in [-0.15, -0.1) is 0 Å². The molecule has 0 bridgehead atoms. The third kappa shape index (κ3) is 4.25. The molecule has 1 fully saturated rings. The summed E-state index contributed by atoms with van der Waals surface area (Å²) in [6, 6.07) is 0. The van der Waals surface area contributed by atoms with Gasteiger partial charge in [0.05, 0.1) is 0 Å². The lowest BCUT2D eigenvalue weighted by Gasteiger charge is -2.27. The van der Waals surface area contributed by atoms with Gasteiger partial charge in [-0.05, 0) is 18.0 Å². The summed E-state index contributed by atoms with van der Waals surface area (Å²) in [5, 5.41) is 6.22. The number of hydrogen-bond acceptors (Lipinski definition) is 2. The Bertz CT molecular complexity index is 133. The third-order valence-electron chi connectivity index (χ3n) is 2.92. The van der Waals surface area contributed by atoms with E-state index in [4.69, 9.17) is 5.40 Å². The summed E-state index contributed by atoms with van der Waals surface area (Å²) in [5.41, 5.74) is 0.868. The molecule has 0 spiro atoms. The molecule has 1 atom stereocenters. The van der Waals surface area contributed by atoms with Crippen molar-refractivity contribution in [1.82, 2.24) is 4.98 Å². The van der Waals surface area contributed by atoms with Gasteiger partial charge in [-0.25, -0.2) is 0 Å². The second-order valence-corrected chi connectivity index (χ2v) is 7.13. The lowest BCUT2D eigenvalue weighted by molar-refractivity contribution is 0.488. The minimum Gasteiger partial charge on any atom is -0.341 e. The van der Waals surface area contributed by atoms with Gasteiger partial charge in [0.1, 0.15) is 0 Å². The van der Waals surface area contributed by atoms with Gasteiger partial charge in [-0.1, -0.05) is 46.0 Å². The van der Waals surface area contributed by atoms with Crippen molar-refractivity contribution in [2.24, 2.45) is 11.3 Å². The van der Waals surface area contributed by atoms with Crippen LogP contribution in [0.5, 0.6) is 0 Å². The summed E-state index contributed by atoms with van der Waals surface area (Å²) < 4.78 is 0. The first kappa shape index (κ1) is 11.2. The lowest BCUT2D eigenvalue weighted by atomic mass is 10.0. The highest BCUT2D eigenvalue weighted by atomic mass is 28.3. The predicted octanol–water partition coefficient (Wildman–Crippen LogP) is 1.75. The van der Waals surface area contributed by atoms with E-state index in [0.717, 1.165) is 18.0 Å². The molecule has 0 heterocycles. The minimum atomic E-state index is -1.09. The Morgan fingerprint density at radius 1 is 1.31 bits per heavy atom. The Morgan fingerprint density at radius 3 is 2.46 bits per heavy atom. The first-order chi connectivity index (χ1) is 6.20. The van der Waals surface area contributed by atoms with Gasteiger partial charge in [0.15, 0.2) is 9.12 Å². The van der Waals surface area contributed by atoms with Crippen molar-refractivity contribution in [3.05, 3.63) is 0 Å². The summed E-state index contributed by atoms with van der Waals surface area (Å²) in [5.74, 6) is 0.738. The monoisotopic (exact) mass is 200 g/mol. The van der Waals surface area contributed by atoms with Gasteiger partial charge >= 0.3 is 0 Å². The maximum absolute atomic E-state index is 6.22. The van der Waals surface area contributed by atoms with Crippen LogP contribution in [0.4, 0.5) is 0 Å². The van der Waals surface area contributed by atoms with E-state index in [2.05, 4.69) is 18.8 Å². The van der Waals surface area contributed by atoms with Gasteiger partial charge < -0.3 is 10.4 Å². The van der Waals surface area contributed by atoms with Crippen LogP contribution in [0.3, 0.4) is 0 Å². The largest absolute Gasteiger partial charge is 0.341 e. The zero-order valence-corrected chi connectivity index (χ0v) is 10.2. The maximum atomic E-state index is 6.22. The second kappa shape index (κ2) is 5.78. The van der Waals surface area contributed by atoms with Crippen LogP contribution in [0.2, 0.25) is 5.54 Å². The summed E-state index contributed by atoms with van der Waals surface area (Å²) in [6.07, 6.45) is 7.03. The fourth-order valence-corrected chi connectivity index (χ4v) is 4.30. The van der Waals surface area contributed by atoms with Crippen LogP contribution in [0.15, 0.2) is 0 Å². The first-order valence-electron chi connectivity index (χ1n) is 5.69. The molecule has 1 aliphatic carbocycles. The summed E-state index contributed by atoms with van der Waals surface area (Å²) in [4.78, 5) is 3.57. The molecule has 1 aliphatic rings. The summed E-state index contributed by atoms with van der Waals surface area (Å²) >= 11 is 0. The smallest absolute Gasteiger partial charge is 0.185 e. The van der Waals surface area contributed by atoms with E-state index >= 15 is 0 Å². The Hall–Kier alpha value is 0.137. The Morgan fingerprint density at radius 2 is 1.92 bits per heavy atom. The summed E-state index contributed by atoms with van der Waals surface area (Å²) in [6.45, 7) is 5.61. The molecule has 3 N–H and O–H groups in total. The molecule has 0 aliphatic heterocycles. The predicted molar refractivity (Wildman–Crippen MR) is 61.0 cm³/mol. The van der Waals surface area contributed by atoms with E-state index in [-0.39, 0.29) is 0 Å². The van der Waals surface area contributed by atoms with E-state index in [0.29, 0.717) is 0 Å². The van der Waals surface area contributed by atoms with Crippen LogP contribution in [0.1, 0.15) is 46.0 Å². The quantitative estimate of drug-likeness (QED) is 0.679. The Labute approximate surface area is 84.0 Å². The van der Waals surface area contributed by atoms with Crippen LogP contribution in [0, 0.1) is 5.92 Å². The van der Waals surface area contributed by atoms with Gasteiger partial charge in [0.2, 0.25) is 0 Å².